The van der Waals surface area contributed by atoms with Gasteiger partial charge in [0.15, 0.2) is 0 Å². The Morgan fingerprint density at radius 3 is 0.833 bits per heavy atom. The van der Waals surface area contributed by atoms with Gasteiger partial charge in [-0.15, -0.1) is 0 Å². The van der Waals surface area contributed by atoms with Crippen LogP contribution in [0.4, 0.5) is 0 Å². The van der Waals surface area contributed by atoms with Gasteiger partial charge in [0.25, 0.3) is 0 Å². The summed E-state index contributed by atoms with van der Waals surface area (Å²) < 4.78 is 0. The normalized spacial score (nSPS) is 19.7. The molecule has 4 nitrogen and oxygen atoms in total. The fourth-order valence-electron chi connectivity index (χ4n) is 5.65. The standard InChI is InChI=1S/C32H40N4/c1-5-9-21-25-13-15-27(33-25)22(10-6-2)29-17-19-31(35-29)24(12-8-4)32-20-18-30(36-32)23(11-7-3)28-16-14-26(21)34-28/h13-20,33-36H,5-12H2,1-4H3/b25-21-,26-21?,27-22-,28-23?,29-22?,30-23-,31-24?,32-24-. The molecule has 4 N–H and O–H groups in total. The SMILES string of the molecule is CCC/C1=c2\cc/c([nH]2)=C(\CCC)c2ccc([nH]2)/C(CCC)=c2/cc/c([nH]2)=C(\CCC)c2ccc1[nH]2. The number of nitrogens with one attached hydrogen (secondary N) is 4. The van der Waals surface area contributed by atoms with Crippen molar-refractivity contribution in [2.75, 3.05) is 0 Å². The van der Waals surface area contributed by atoms with E-state index in [1.54, 1.807) is 0 Å². The molecule has 0 amide bonds. The molecular formula is C32H40N4. The number of rotatable bonds is 8. The molecule has 1 aliphatic heterocycles. The van der Waals surface area contributed by atoms with Crippen LogP contribution in [0.1, 0.15) is 102 Å². The second-order valence-corrected chi connectivity index (χ2v) is 10.1. The number of aromatic amines is 4. The lowest BCUT2D eigenvalue weighted by atomic mass is 10.1. The van der Waals surface area contributed by atoms with Crippen molar-refractivity contribution in [1.82, 2.24) is 19.9 Å². The van der Waals surface area contributed by atoms with Crippen LogP contribution in [0, 0.1) is 0 Å². The van der Waals surface area contributed by atoms with Crippen molar-refractivity contribution in [2.45, 2.75) is 79.1 Å². The molecule has 36 heavy (non-hydrogen) atoms. The van der Waals surface area contributed by atoms with Gasteiger partial charge in [-0.05, 0) is 96.5 Å². The molecule has 8 bridgehead atoms. The number of hydrogen-bond acceptors (Lipinski definition) is 0. The van der Waals surface area contributed by atoms with Gasteiger partial charge in [0.05, 0.1) is 0 Å². The van der Waals surface area contributed by atoms with E-state index in [9.17, 15) is 0 Å². The quantitative estimate of drug-likeness (QED) is 0.264. The van der Waals surface area contributed by atoms with E-state index >= 15 is 0 Å². The molecule has 188 valence electrons. The number of H-pyrrole nitrogens is 4. The Morgan fingerprint density at radius 2 is 0.611 bits per heavy atom. The van der Waals surface area contributed by atoms with Crippen molar-refractivity contribution in [3.8, 4) is 0 Å². The van der Waals surface area contributed by atoms with Crippen LogP contribution >= 0.6 is 0 Å². The number of aromatic nitrogens is 4. The first kappa shape index (κ1) is 24.3. The minimum Gasteiger partial charge on any atom is -0.355 e. The Hall–Kier alpha value is -3.40. The third-order valence-electron chi connectivity index (χ3n) is 7.34. The Labute approximate surface area is 214 Å². The van der Waals surface area contributed by atoms with Crippen molar-refractivity contribution in [3.63, 3.8) is 0 Å². The lowest BCUT2D eigenvalue weighted by molar-refractivity contribution is 0.939. The molecular weight excluding hydrogens is 440 g/mol. The number of fused-ring (bicyclic) bond motifs is 8. The summed E-state index contributed by atoms with van der Waals surface area (Å²) in [4.78, 5) is 15.2. The third kappa shape index (κ3) is 4.57. The van der Waals surface area contributed by atoms with Crippen molar-refractivity contribution in [1.29, 1.82) is 0 Å². The van der Waals surface area contributed by atoms with Crippen LogP contribution in [-0.2, 0) is 0 Å². The Bertz CT molecular complexity index is 1350. The van der Waals surface area contributed by atoms with Crippen molar-refractivity contribution < 1.29 is 0 Å². The zero-order chi connectivity index (χ0) is 25.1. The fraction of sp³-hybridized carbons (Fsp3) is 0.375. The van der Waals surface area contributed by atoms with Gasteiger partial charge in [0, 0.05) is 44.2 Å². The average Bonchev–Trinajstić information content (AvgIpc) is 3.69. The van der Waals surface area contributed by atoms with Gasteiger partial charge in [-0.1, -0.05) is 53.4 Å². The third-order valence-corrected chi connectivity index (χ3v) is 7.34. The van der Waals surface area contributed by atoms with Crippen LogP contribution in [0.15, 0.2) is 48.5 Å². The van der Waals surface area contributed by atoms with E-state index in [0.29, 0.717) is 0 Å². The van der Waals surface area contributed by atoms with Crippen molar-refractivity contribution >= 4 is 22.3 Å². The Balaban J connectivity index is 1.88. The molecule has 0 saturated carbocycles. The molecule has 4 aromatic rings. The highest BCUT2D eigenvalue weighted by atomic mass is 14.8. The van der Waals surface area contributed by atoms with Crippen molar-refractivity contribution in [2.24, 2.45) is 0 Å². The van der Waals surface area contributed by atoms with Crippen LogP contribution < -0.4 is 21.4 Å². The Morgan fingerprint density at radius 1 is 0.361 bits per heavy atom. The summed E-state index contributed by atoms with van der Waals surface area (Å²) in [5.41, 5.74) is 10.3. The summed E-state index contributed by atoms with van der Waals surface area (Å²) >= 11 is 0. The van der Waals surface area contributed by atoms with Crippen LogP contribution in [0.5, 0.6) is 0 Å². The molecule has 0 radical (unpaired) electrons. The highest BCUT2D eigenvalue weighted by Crippen LogP contribution is 2.23. The molecule has 0 unspecified atom stereocenters. The van der Waals surface area contributed by atoms with Gasteiger partial charge in [0.2, 0.25) is 0 Å². The van der Waals surface area contributed by atoms with Crippen molar-refractivity contribution in [3.05, 3.63) is 92.7 Å². The van der Waals surface area contributed by atoms with E-state index in [1.165, 1.54) is 66.5 Å². The van der Waals surface area contributed by atoms with Crippen LogP contribution in [-0.4, -0.2) is 19.9 Å². The van der Waals surface area contributed by atoms with Gasteiger partial charge in [-0.25, -0.2) is 0 Å². The summed E-state index contributed by atoms with van der Waals surface area (Å²) in [6.45, 7) is 9.03. The summed E-state index contributed by atoms with van der Waals surface area (Å²) in [5.74, 6) is 0. The molecule has 1 aliphatic rings. The molecule has 0 atom stereocenters. The first-order valence-electron chi connectivity index (χ1n) is 13.9. The molecule has 0 saturated heterocycles. The van der Waals surface area contributed by atoms with E-state index in [1.807, 2.05) is 0 Å². The highest BCUT2D eigenvalue weighted by molar-refractivity contribution is 5.71. The topological polar surface area (TPSA) is 63.2 Å². The minimum absolute atomic E-state index is 1.03. The molecule has 5 rings (SSSR count). The van der Waals surface area contributed by atoms with Crippen LogP contribution in [0.2, 0.25) is 0 Å². The average molecular weight is 481 g/mol. The molecule has 0 fully saturated rings. The summed E-state index contributed by atoms with van der Waals surface area (Å²) in [5, 5.41) is 4.85. The maximum Gasteiger partial charge on any atom is 0.0438 e. The maximum absolute atomic E-state index is 3.80. The van der Waals surface area contributed by atoms with E-state index in [2.05, 4.69) is 96.2 Å². The molecule has 5 heterocycles. The van der Waals surface area contributed by atoms with E-state index in [0.717, 1.165) is 51.4 Å². The molecule has 4 heteroatoms. The second kappa shape index (κ2) is 10.7. The first-order valence-corrected chi connectivity index (χ1v) is 13.9. The predicted molar refractivity (Wildman–Crippen MR) is 151 cm³/mol. The monoisotopic (exact) mass is 480 g/mol. The van der Waals surface area contributed by atoms with Gasteiger partial charge < -0.3 is 19.9 Å². The predicted octanol–water partition coefficient (Wildman–Crippen LogP) is 5.31. The van der Waals surface area contributed by atoms with Gasteiger partial charge >= 0.3 is 0 Å². The number of hydrogen-bond donors (Lipinski definition) is 4. The van der Waals surface area contributed by atoms with Gasteiger partial charge in [-0.3, -0.25) is 0 Å². The van der Waals surface area contributed by atoms with E-state index in [4.69, 9.17) is 0 Å². The van der Waals surface area contributed by atoms with Crippen LogP contribution in [0.3, 0.4) is 0 Å². The lowest BCUT2D eigenvalue weighted by Crippen LogP contribution is -2.18. The maximum atomic E-state index is 3.80. The first-order chi connectivity index (χ1) is 17.7. The summed E-state index contributed by atoms with van der Waals surface area (Å²) in [6.07, 6.45) is 8.52. The summed E-state index contributed by atoms with van der Waals surface area (Å²) in [7, 11) is 0. The molecule has 4 aromatic heterocycles. The minimum atomic E-state index is 1.03. The van der Waals surface area contributed by atoms with E-state index < -0.39 is 0 Å². The molecule has 0 aromatic carbocycles. The largest absolute Gasteiger partial charge is 0.355 e. The highest BCUT2D eigenvalue weighted by Gasteiger charge is 2.14. The summed E-state index contributed by atoms with van der Waals surface area (Å²) in [6, 6.07) is 18.1. The lowest BCUT2D eigenvalue weighted by Gasteiger charge is -2.07. The smallest absolute Gasteiger partial charge is 0.0438 e. The Kier molecular flexibility index (Phi) is 7.22. The van der Waals surface area contributed by atoms with Crippen LogP contribution in [0.25, 0.3) is 22.3 Å². The molecule has 0 spiro atoms. The molecule has 0 aliphatic carbocycles. The zero-order valence-corrected chi connectivity index (χ0v) is 22.3. The zero-order valence-electron chi connectivity index (χ0n) is 22.3. The van der Waals surface area contributed by atoms with E-state index in [-0.39, 0.29) is 0 Å². The second-order valence-electron chi connectivity index (χ2n) is 10.1. The van der Waals surface area contributed by atoms with Gasteiger partial charge in [-0.2, -0.15) is 0 Å². The van der Waals surface area contributed by atoms with Gasteiger partial charge in [0.1, 0.15) is 0 Å². The fourth-order valence-corrected chi connectivity index (χ4v) is 5.65.